The fourth-order valence-electron chi connectivity index (χ4n) is 5.40. The lowest BCUT2D eigenvalue weighted by atomic mass is 9.97. The third kappa shape index (κ3) is 3.19. The molecule has 0 amide bonds. The highest BCUT2D eigenvalue weighted by molar-refractivity contribution is 7.25. The second-order valence-corrected chi connectivity index (χ2v) is 10.5. The molecule has 0 unspecified atom stereocenters. The molecule has 5 aromatic heterocycles. The Kier molecular flexibility index (Phi) is 4.56. The van der Waals surface area contributed by atoms with E-state index in [9.17, 15) is 5.26 Å². The minimum Gasteiger partial charge on any atom is -0.216 e. The van der Waals surface area contributed by atoms with Crippen molar-refractivity contribution in [1.29, 1.82) is 5.26 Å². The zero-order valence-corrected chi connectivity index (χ0v) is 21.5. The van der Waals surface area contributed by atoms with Gasteiger partial charge in [-0.05, 0) is 42.8 Å². The van der Waals surface area contributed by atoms with Crippen LogP contribution in [-0.2, 0) is 6.42 Å². The third-order valence-corrected chi connectivity index (χ3v) is 8.21. The van der Waals surface area contributed by atoms with Gasteiger partial charge in [-0.3, -0.25) is 0 Å². The van der Waals surface area contributed by atoms with Crippen molar-refractivity contribution in [2.45, 2.75) is 13.3 Å². The van der Waals surface area contributed by atoms with Gasteiger partial charge in [0.25, 0.3) is 0 Å². The monoisotopic (exact) mass is 522 g/mol. The van der Waals surface area contributed by atoms with Crippen molar-refractivity contribution < 1.29 is 0 Å². The molecule has 39 heavy (non-hydrogen) atoms. The first-order valence-corrected chi connectivity index (χ1v) is 13.3. The van der Waals surface area contributed by atoms with Crippen molar-refractivity contribution in [1.82, 2.24) is 34.3 Å². The molecule has 0 aliphatic rings. The van der Waals surface area contributed by atoms with Crippen LogP contribution in [0.3, 0.4) is 0 Å². The second-order valence-electron chi connectivity index (χ2n) is 9.40. The van der Waals surface area contributed by atoms with Gasteiger partial charge in [0.2, 0.25) is 0 Å². The fourth-order valence-corrected chi connectivity index (χ4v) is 6.49. The molecule has 3 aromatic carbocycles. The Bertz CT molecular complexity index is 2290. The Morgan fingerprint density at radius 2 is 1.67 bits per heavy atom. The number of hydrogen-bond donors (Lipinski definition) is 0. The number of aromatic nitrogens is 7. The standard InChI is InChI=1S/C30H18N8S/c1-17-25-26(18-11-12-23-21(15-18)20-9-5-6-10-22(20)39-23)27-28(32-16-37-29(27)33-24(36-37)13-14-31)34-30(25)38(35-17)19-7-3-2-4-8-19/h2-12,15-16H,13H2,1H3. The molecular formula is C30H18N8S. The molecule has 184 valence electrons. The van der Waals surface area contributed by atoms with E-state index < -0.39 is 0 Å². The van der Waals surface area contributed by atoms with Gasteiger partial charge in [-0.15, -0.1) is 16.4 Å². The smallest absolute Gasteiger partial charge is 0.169 e. The number of fused-ring (bicyclic) bond motifs is 7. The summed E-state index contributed by atoms with van der Waals surface area (Å²) in [5, 5.41) is 22.8. The van der Waals surface area contributed by atoms with Crippen molar-refractivity contribution in [3.05, 3.63) is 90.6 Å². The Balaban J connectivity index is 1.55. The molecule has 9 heteroatoms. The van der Waals surface area contributed by atoms with Gasteiger partial charge in [-0.25, -0.2) is 24.1 Å². The first-order chi connectivity index (χ1) is 19.2. The van der Waals surface area contributed by atoms with Gasteiger partial charge in [0, 0.05) is 25.7 Å². The highest BCUT2D eigenvalue weighted by Crippen LogP contribution is 2.41. The number of para-hydroxylation sites is 1. The molecule has 8 nitrogen and oxygen atoms in total. The second kappa shape index (κ2) is 8.15. The quantitative estimate of drug-likeness (QED) is 0.266. The van der Waals surface area contributed by atoms with Gasteiger partial charge >= 0.3 is 0 Å². The number of hydrogen-bond acceptors (Lipinski definition) is 7. The lowest BCUT2D eigenvalue weighted by Crippen LogP contribution is -2.00. The van der Waals surface area contributed by atoms with Crippen LogP contribution in [0.4, 0.5) is 0 Å². The van der Waals surface area contributed by atoms with Crippen molar-refractivity contribution in [2.24, 2.45) is 0 Å². The van der Waals surface area contributed by atoms with E-state index in [1.54, 1.807) is 22.2 Å². The van der Waals surface area contributed by atoms with Gasteiger partial charge < -0.3 is 0 Å². The minimum absolute atomic E-state index is 0.117. The molecule has 0 N–H and O–H groups in total. The number of nitrogens with zero attached hydrogens (tertiary/aromatic N) is 8. The molecule has 0 saturated carbocycles. The Hall–Kier alpha value is -5.20. The van der Waals surface area contributed by atoms with Gasteiger partial charge in [0.05, 0.1) is 34.6 Å². The molecular weight excluding hydrogens is 504 g/mol. The lowest BCUT2D eigenvalue weighted by Gasteiger charge is -2.11. The highest BCUT2D eigenvalue weighted by Gasteiger charge is 2.23. The minimum atomic E-state index is 0.117. The highest BCUT2D eigenvalue weighted by atomic mass is 32.1. The summed E-state index contributed by atoms with van der Waals surface area (Å²) in [4.78, 5) is 14.5. The molecule has 0 atom stereocenters. The average Bonchev–Trinajstić information content (AvgIpc) is 3.65. The van der Waals surface area contributed by atoms with Gasteiger partial charge in [0.1, 0.15) is 6.33 Å². The molecule has 0 spiro atoms. The SMILES string of the molecule is Cc1nn(-c2ccccc2)c2nc3ncn4nc(CC#N)nc4c3c(-c3ccc4sc5ccccc5c4c3)c12. The molecule has 0 aliphatic carbocycles. The summed E-state index contributed by atoms with van der Waals surface area (Å²) < 4.78 is 6.00. The van der Waals surface area contributed by atoms with Crippen molar-refractivity contribution >= 4 is 59.2 Å². The summed E-state index contributed by atoms with van der Waals surface area (Å²) in [7, 11) is 0. The van der Waals surface area contributed by atoms with Gasteiger partial charge in [-0.1, -0.05) is 42.5 Å². The van der Waals surface area contributed by atoms with Crippen LogP contribution in [-0.4, -0.2) is 34.3 Å². The van der Waals surface area contributed by atoms with E-state index in [-0.39, 0.29) is 6.42 Å². The zero-order valence-electron chi connectivity index (χ0n) is 20.7. The van der Waals surface area contributed by atoms with Crippen LogP contribution in [0.2, 0.25) is 0 Å². The lowest BCUT2D eigenvalue weighted by molar-refractivity contribution is 0.876. The largest absolute Gasteiger partial charge is 0.216 e. The van der Waals surface area contributed by atoms with Crippen LogP contribution < -0.4 is 0 Å². The number of pyridine rings is 1. The summed E-state index contributed by atoms with van der Waals surface area (Å²) in [6.45, 7) is 2.01. The molecule has 5 heterocycles. The number of nitriles is 1. The molecule has 8 aromatic rings. The number of benzene rings is 3. The number of rotatable bonds is 3. The summed E-state index contributed by atoms with van der Waals surface area (Å²) in [6.07, 6.45) is 1.73. The maximum absolute atomic E-state index is 9.27. The maximum atomic E-state index is 9.27. The topological polar surface area (TPSA) is 97.6 Å². The predicted octanol–water partition coefficient (Wildman–Crippen LogP) is 6.42. The van der Waals surface area contributed by atoms with Crippen molar-refractivity contribution in [3.8, 4) is 22.9 Å². The number of thiophene rings is 1. The Labute approximate surface area is 225 Å². The normalized spacial score (nSPS) is 11.8. The molecule has 0 radical (unpaired) electrons. The molecule has 0 saturated heterocycles. The number of aryl methyl sites for hydroxylation is 1. The van der Waals surface area contributed by atoms with Crippen LogP contribution in [0.1, 0.15) is 11.5 Å². The summed E-state index contributed by atoms with van der Waals surface area (Å²) >= 11 is 1.79. The van der Waals surface area contributed by atoms with E-state index in [0.29, 0.717) is 17.1 Å². The van der Waals surface area contributed by atoms with E-state index >= 15 is 0 Å². The predicted molar refractivity (Wildman–Crippen MR) is 153 cm³/mol. The Morgan fingerprint density at radius 3 is 2.54 bits per heavy atom. The summed E-state index contributed by atoms with van der Waals surface area (Å²) in [5.41, 5.74) is 5.66. The van der Waals surface area contributed by atoms with Crippen LogP contribution in [0.15, 0.2) is 79.1 Å². The maximum Gasteiger partial charge on any atom is 0.169 e. The van der Waals surface area contributed by atoms with Gasteiger partial charge in [-0.2, -0.15) is 10.4 Å². The van der Waals surface area contributed by atoms with Gasteiger partial charge in [0.15, 0.2) is 22.8 Å². The first kappa shape index (κ1) is 21.8. The molecule has 0 aliphatic heterocycles. The third-order valence-electron chi connectivity index (χ3n) is 7.06. The summed E-state index contributed by atoms with van der Waals surface area (Å²) in [6, 6.07) is 27.2. The van der Waals surface area contributed by atoms with E-state index in [2.05, 4.69) is 53.6 Å². The van der Waals surface area contributed by atoms with E-state index in [1.165, 1.54) is 20.2 Å². The van der Waals surface area contributed by atoms with Crippen LogP contribution in [0.25, 0.3) is 64.7 Å². The zero-order chi connectivity index (χ0) is 26.1. The molecule has 8 rings (SSSR count). The van der Waals surface area contributed by atoms with Crippen LogP contribution in [0, 0.1) is 18.3 Å². The van der Waals surface area contributed by atoms with E-state index in [4.69, 9.17) is 20.1 Å². The first-order valence-electron chi connectivity index (χ1n) is 12.5. The molecule has 0 fully saturated rings. The fraction of sp³-hybridized carbons (Fsp3) is 0.0667. The van der Waals surface area contributed by atoms with Crippen molar-refractivity contribution in [3.63, 3.8) is 0 Å². The van der Waals surface area contributed by atoms with Crippen LogP contribution in [0.5, 0.6) is 0 Å². The van der Waals surface area contributed by atoms with Crippen molar-refractivity contribution in [2.75, 3.05) is 0 Å². The summed E-state index contributed by atoms with van der Waals surface area (Å²) in [5.74, 6) is 0.453. The van der Waals surface area contributed by atoms with E-state index in [1.807, 2.05) is 41.9 Å². The van der Waals surface area contributed by atoms with E-state index in [0.717, 1.165) is 38.9 Å². The molecule has 0 bridgehead atoms. The van der Waals surface area contributed by atoms with Crippen LogP contribution >= 0.6 is 11.3 Å². The average molecular weight is 523 g/mol. The Morgan fingerprint density at radius 1 is 0.846 bits per heavy atom.